The van der Waals surface area contributed by atoms with Crippen LogP contribution in [0.25, 0.3) is 0 Å². The maximum Gasteiger partial charge on any atom is 0.416 e. The minimum atomic E-state index is -4.46. The molecule has 0 aromatic heterocycles. The Morgan fingerprint density at radius 2 is 1.72 bits per heavy atom. The fourth-order valence-electron chi connectivity index (χ4n) is 2.36. The molecule has 0 aliphatic heterocycles. The number of hydrogen-bond donors (Lipinski definition) is 1. The van der Waals surface area contributed by atoms with Gasteiger partial charge in [0.05, 0.1) is 26.2 Å². The normalized spacial score (nSPS) is 11.1. The fraction of sp³-hybridized carbons (Fsp3) is 0.278. The zero-order chi connectivity index (χ0) is 18.6. The van der Waals surface area contributed by atoms with Crippen LogP contribution in [-0.2, 0) is 17.4 Å². The van der Waals surface area contributed by atoms with Crippen LogP contribution in [0.3, 0.4) is 0 Å². The van der Waals surface area contributed by atoms with Crippen molar-refractivity contribution in [2.75, 3.05) is 19.5 Å². The smallest absolute Gasteiger partial charge is 0.416 e. The zero-order valence-corrected chi connectivity index (χ0v) is 14.0. The van der Waals surface area contributed by atoms with Crippen LogP contribution in [0.4, 0.5) is 18.9 Å². The van der Waals surface area contributed by atoms with Crippen LogP contribution in [0.15, 0.2) is 36.4 Å². The summed E-state index contributed by atoms with van der Waals surface area (Å²) in [7, 11) is 3.00. The number of methoxy groups -OCH3 is 2. The van der Waals surface area contributed by atoms with E-state index in [4.69, 9.17) is 9.47 Å². The third-order valence-electron chi connectivity index (χ3n) is 3.67. The quantitative estimate of drug-likeness (QED) is 0.876. The highest BCUT2D eigenvalue weighted by molar-refractivity contribution is 5.92. The lowest BCUT2D eigenvalue weighted by atomic mass is 10.0. The number of ether oxygens (including phenoxy) is 2. The fourth-order valence-corrected chi connectivity index (χ4v) is 2.36. The summed E-state index contributed by atoms with van der Waals surface area (Å²) in [4.78, 5) is 12.2. The van der Waals surface area contributed by atoms with E-state index < -0.39 is 17.6 Å². The molecule has 0 heterocycles. The van der Waals surface area contributed by atoms with Gasteiger partial charge in [0.25, 0.3) is 0 Å². The molecule has 2 rings (SSSR count). The molecule has 134 valence electrons. The van der Waals surface area contributed by atoms with Crippen molar-refractivity contribution in [2.24, 2.45) is 0 Å². The Morgan fingerprint density at radius 3 is 2.32 bits per heavy atom. The standard InChI is InChI=1S/C18H18F3NO3/c1-11-7-15(24-2)16(25-3)8-12(11)9-17(23)22-14-6-4-5-13(10-14)18(19,20)21/h4-8,10H,9H2,1-3H3,(H,22,23). The highest BCUT2D eigenvalue weighted by Crippen LogP contribution is 2.32. The molecule has 2 aromatic carbocycles. The first-order valence-electron chi connectivity index (χ1n) is 7.43. The van der Waals surface area contributed by atoms with Gasteiger partial charge < -0.3 is 14.8 Å². The summed E-state index contributed by atoms with van der Waals surface area (Å²) in [5, 5.41) is 2.49. The number of aryl methyl sites for hydroxylation is 1. The van der Waals surface area contributed by atoms with Gasteiger partial charge >= 0.3 is 6.18 Å². The first-order chi connectivity index (χ1) is 11.7. The van der Waals surface area contributed by atoms with Gasteiger partial charge in [-0.15, -0.1) is 0 Å². The second-order valence-corrected chi connectivity index (χ2v) is 5.44. The zero-order valence-electron chi connectivity index (χ0n) is 14.0. The van der Waals surface area contributed by atoms with Crippen LogP contribution < -0.4 is 14.8 Å². The van der Waals surface area contributed by atoms with Crippen LogP contribution in [0.5, 0.6) is 11.5 Å². The van der Waals surface area contributed by atoms with Gasteiger partial charge in [-0.25, -0.2) is 0 Å². The van der Waals surface area contributed by atoms with E-state index in [1.807, 2.05) is 6.92 Å². The Labute approximate surface area is 143 Å². The van der Waals surface area contributed by atoms with Crippen molar-refractivity contribution in [2.45, 2.75) is 19.5 Å². The maximum atomic E-state index is 12.7. The molecule has 25 heavy (non-hydrogen) atoms. The topological polar surface area (TPSA) is 47.6 Å². The molecule has 0 bridgehead atoms. The Hall–Kier alpha value is -2.70. The van der Waals surface area contributed by atoms with Gasteiger partial charge in [-0.2, -0.15) is 13.2 Å². The van der Waals surface area contributed by atoms with E-state index in [-0.39, 0.29) is 12.1 Å². The van der Waals surface area contributed by atoms with Crippen LogP contribution in [0.1, 0.15) is 16.7 Å². The van der Waals surface area contributed by atoms with Crippen molar-refractivity contribution in [3.63, 3.8) is 0 Å². The van der Waals surface area contributed by atoms with Gasteiger partial charge in [0.15, 0.2) is 11.5 Å². The second-order valence-electron chi connectivity index (χ2n) is 5.44. The lowest BCUT2D eigenvalue weighted by Crippen LogP contribution is -2.16. The lowest BCUT2D eigenvalue weighted by molar-refractivity contribution is -0.137. The summed E-state index contributed by atoms with van der Waals surface area (Å²) in [6.45, 7) is 1.81. The van der Waals surface area contributed by atoms with E-state index >= 15 is 0 Å². The predicted octanol–water partition coefficient (Wildman–Crippen LogP) is 4.21. The van der Waals surface area contributed by atoms with Crippen molar-refractivity contribution in [1.82, 2.24) is 0 Å². The van der Waals surface area contributed by atoms with Crippen LogP contribution in [0, 0.1) is 6.92 Å². The number of halogens is 3. The number of hydrogen-bond acceptors (Lipinski definition) is 3. The van der Waals surface area contributed by atoms with Crippen molar-refractivity contribution >= 4 is 11.6 Å². The Kier molecular flexibility index (Phi) is 5.56. The molecule has 0 saturated heterocycles. The number of amides is 1. The van der Waals surface area contributed by atoms with E-state index in [9.17, 15) is 18.0 Å². The Bertz CT molecular complexity index is 773. The number of carbonyl (C=O) groups is 1. The number of carbonyl (C=O) groups excluding carboxylic acids is 1. The summed E-state index contributed by atoms with van der Waals surface area (Å²) in [6, 6.07) is 7.94. The molecular weight excluding hydrogens is 335 g/mol. The van der Waals surface area contributed by atoms with Gasteiger partial charge in [-0.3, -0.25) is 4.79 Å². The van der Waals surface area contributed by atoms with Crippen LogP contribution in [-0.4, -0.2) is 20.1 Å². The molecule has 0 saturated carbocycles. The average molecular weight is 353 g/mol. The first kappa shape index (κ1) is 18.6. The minimum Gasteiger partial charge on any atom is -0.493 e. The second kappa shape index (κ2) is 7.46. The van der Waals surface area contributed by atoms with E-state index in [1.54, 1.807) is 12.1 Å². The van der Waals surface area contributed by atoms with Crippen molar-refractivity contribution in [1.29, 1.82) is 0 Å². The van der Waals surface area contributed by atoms with Gasteiger partial charge in [-0.05, 0) is 48.4 Å². The number of nitrogens with one attached hydrogen (secondary N) is 1. The van der Waals surface area contributed by atoms with Crippen molar-refractivity contribution in [3.05, 3.63) is 53.1 Å². The molecule has 2 aromatic rings. The first-order valence-corrected chi connectivity index (χ1v) is 7.43. The van der Waals surface area contributed by atoms with Crippen molar-refractivity contribution in [3.8, 4) is 11.5 Å². The third-order valence-corrected chi connectivity index (χ3v) is 3.67. The SMILES string of the molecule is COc1cc(C)c(CC(=O)Nc2cccc(C(F)(F)F)c2)cc1OC. The van der Waals surface area contributed by atoms with Gasteiger partial charge in [0.2, 0.25) is 5.91 Å². The number of alkyl halides is 3. The minimum absolute atomic E-state index is 0.00241. The van der Waals surface area contributed by atoms with E-state index in [1.165, 1.54) is 26.4 Å². The van der Waals surface area contributed by atoms with Crippen LogP contribution in [0.2, 0.25) is 0 Å². The molecule has 0 atom stereocenters. The molecule has 1 amide bonds. The highest BCUT2D eigenvalue weighted by Gasteiger charge is 2.30. The molecule has 1 N–H and O–H groups in total. The van der Waals surface area contributed by atoms with Gasteiger partial charge in [0.1, 0.15) is 0 Å². The monoisotopic (exact) mass is 353 g/mol. The van der Waals surface area contributed by atoms with E-state index in [0.29, 0.717) is 17.1 Å². The highest BCUT2D eigenvalue weighted by atomic mass is 19.4. The summed E-state index contributed by atoms with van der Waals surface area (Å²) in [6.07, 6.45) is -4.46. The lowest BCUT2D eigenvalue weighted by Gasteiger charge is -2.13. The van der Waals surface area contributed by atoms with E-state index in [2.05, 4.69) is 5.32 Å². The summed E-state index contributed by atoms with van der Waals surface area (Å²) in [5.74, 6) is 0.603. The number of anilines is 1. The predicted molar refractivity (Wildman–Crippen MR) is 88.1 cm³/mol. The molecular formula is C18H18F3NO3. The Morgan fingerprint density at radius 1 is 1.08 bits per heavy atom. The number of rotatable bonds is 5. The summed E-state index contributed by atoms with van der Waals surface area (Å²) < 4.78 is 48.6. The molecule has 0 unspecified atom stereocenters. The molecule has 4 nitrogen and oxygen atoms in total. The largest absolute Gasteiger partial charge is 0.493 e. The summed E-state index contributed by atoms with van der Waals surface area (Å²) >= 11 is 0. The molecule has 0 aliphatic rings. The molecule has 0 fully saturated rings. The van der Waals surface area contributed by atoms with Gasteiger partial charge in [-0.1, -0.05) is 6.07 Å². The maximum absolute atomic E-state index is 12.7. The molecule has 0 spiro atoms. The van der Waals surface area contributed by atoms with E-state index in [0.717, 1.165) is 17.7 Å². The summed E-state index contributed by atoms with van der Waals surface area (Å²) in [5.41, 5.74) is 0.796. The van der Waals surface area contributed by atoms with Crippen LogP contribution >= 0.6 is 0 Å². The third kappa shape index (κ3) is 4.65. The van der Waals surface area contributed by atoms with Gasteiger partial charge in [0, 0.05) is 5.69 Å². The number of benzene rings is 2. The molecule has 0 radical (unpaired) electrons. The van der Waals surface area contributed by atoms with Crippen molar-refractivity contribution < 1.29 is 27.4 Å². The average Bonchev–Trinajstić information content (AvgIpc) is 2.55. The Balaban J connectivity index is 2.16. The molecule has 0 aliphatic carbocycles. The molecule has 7 heteroatoms.